The van der Waals surface area contributed by atoms with Gasteiger partial charge in [-0.05, 0) is 26.2 Å². The second-order valence-electron chi connectivity index (χ2n) is 2.76. The lowest BCUT2D eigenvalue weighted by Crippen LogP contribution is -2.09. The van der Waals surface area contributed by atoms with Crippen molar-refractivity contribution in [1.82, 2.24) is 4.90 Å². The fourth-order valence-corrected chi connectivity index (χ4v) is 0.904. The van der Waals surface area contributed by atoms with Crippen LogP contribution in [-0.4, -0.2) is 24.1 Å². The molecule has 0 bridgehead atoms. The highest BCUT2D eigenvalue weighted by atomic mass is 35.5. The van der Waals surface area contributed by atoms with Crippen LogP contribution in [0, 0.1) is 0 Å². The van der Waals surface area contributed by atoms with E-state index in [9.17, 15) is 0 Å². The number of furan rings is 1. The highest BCUT2D eigenvalue weighted by Crippen LogP contribution is 2.08. The Hall–Kier alpha value is -0.510. The number of halogens is 1. The Bertz CT molecular complexity index is 223. The quantitative estimate of drug-likeness (QED) is 0.782. The van der Waals surface area contributed by atoms with Crippen LogP contribution in [0.5, 0.6) is 0 Å². The summed E-state index contributed by atoms with van der Waals surface area (Å²) in [5.41, 5.74) is 0. The number of aliphatic hydroxyl groups excluding tert-OH is 1. The van der Waals surface area contributed by atoms with Crippen LogP contribution in [-0.2, 0) is 13.2 Å². The maximum atomic E-state index is 8.68. The molecule has 70 valence electrons. The molecule has 4 heteroatoms. The van der Waals surface area contributed by atoms with E-state index < -0.39 is 0 Å². The lowest BCUT2D eigenvalue weighted by molar-refractivity contribution is 0.237. The Morgan fingerprint density at radius 3 is 2.33 bits per heavy atom. The van der Waals surface area contributed by atoms with E-state index in [1.807, 2.05) is 25.1 Å². The second kappa shape index (κ2) is 5.19. The number of nitrogens with zero attached hydrogens (tertiary/aromatic N) is 1. The van der Waals surface area contributed by atoms with Crippen molar-refractivity contribution in [3.8, 4) is 0 Å². The minimum Gasteiger partial charge on any atom is -0.462 e. The smallest absolute Gasteiger partial charge is 0.129 e. The second-order valence-corrected chi connectivity index (χ2v) is 2.76. The molecule has 0 saturated heterocycles. The topological polar surface area (TPSA) is 36.6 Å². The molecule has 0 aliphatic heterocycles. The van der Waals surface area contributed by atoms with Crippen LogP contribution in [0.15, 0.2) is 16.5 Å². The predicted octanol–water partition coefficient (Wildman–Crippen LogP) is 1.26. The standard InChI is InChI=1S/C8H13NO2.ClH/c1-9(2)5-7-3-4-8(6-10)11-7;/h3-4,10H,5-6H2,1-2H3;1H. The van der Waals surface area contributed by atoms with E-state index >= 15 is 0 Å². The summed E-state index contributed by atoms with van der Waals surface area (Å²) in [6.45, 7) is 0.757. The van der Waals surface area contributed by atoms with Crippen molar-refractivity contribution in [2.24, 2.45) is 0 Å². The van der Waals surface area contributed by atoms with E-state index in [1.54, 1.807) is 6.07 Å². The molecule has 0 atom stereocenters. The van der Waals surface area contributed by atoms with Gasteiger partial charge in [-0.15, -0.1) is 12.4 Å². The number of hydrogen-bond donors (Lipinski definition) is 1. The molecule has 0 saturated carbocycles. The molecule has 0 radical (unpaired) electrons. The van der Waals surface area contributed by atoms with Gasteiger partial charge in [0, 0.05) is 0 Å². The zero-order valence-corrected chi connectivity index (χ0v) is 8.10. The van der Waals surface area contributed by atoms with Gasteiger partial charge in [-0.1, -0.05) is 0 Å². The van der Waals surface area contributed by atoms with Crippen LogP contribution >= 0.6 is 12.4 Å². The molecule has 1 aromatic heterocycles. The molecule has 1 N–H and O–H groups in total. The van der Waals surface area contributed by atoms with E-state index in [-0.39, 0.29) is 19.0 Å². The highest BCUT2D eigenvalue weighted by Gasteiger charge is 2.00. The maximum Gasteiger partial charge on any atom is 0.129 e. The number of rotatable bonds is 3. The number of hydrogen-bond acceptors (Lipinski definition) is 3. The molecule has 0 spiro atoms. The molecule has 1 heterocycles. The zero-order valence-electron chi connectivity index (χ0n) is 7.28. The number of aliphatic hydroxyl groups is 1. The molecule has 1 aromatic rings. The molecule has 0 aliphatic rings. The lowest BCUT2D eigenvalue weighted by Gasteiger charge is -2.05. The van der Waals surface area contributed by atoms with Gasteiger partial charge in [0.15, 0.2) is 0 Å². The van der Waals surface area contributed by atoms with Crippen molar-refractivity contribution in [3.63, 3.8) is 0 Å². The lowest BCUT2D eigenvalue weighted by atomic mass is 10.4. The third-order valence-corrected chi connectivity index (χ3v) is 1.35. The van der Waals surface area contributed by atoms with E-state index in [2.05, 4.69) is 0 Å². The third kappa shape index (κ3) is 3.26. The van der Waals surface area contributed by atoms with Gasteiger partial charge in [-0.2, -0.15) is 0 Å². The first-order valence-corrected chi connectivity index (χ1v) is 3.55. The van der Waals surface area contributed by atoms with Gasteiger partial charge in [-0.3, -0.25) is 0 Å². The Labute approximate surface area is 78.4 Å². The summed E-state index contributed by atoms with van der Waals surface area (Å²) in [7, 11) is 3.95. The molecule has 12 heavy (non-hydrogen) atoms. The first-order chi connectivity index (χ1) is 5.22. The fourth-order valence-electron chi connectivity index (χ4n) is 0.904. The molecule has 3 nitrogen and oxygen atoms in total. The van der Waals surface area contributed by atoms with Crippen LogP contribution in [0.2, 0.25) is 0 Å². The average Bonchev–Trinajstić information content (AvgIpc) is 2.34. The van der Waals surface area contributed by atoms with Gasteiger partial charge in [0.1, 0.15) is 18.1 Å². The molecule has 0 aliphatic carbocycles. The van der Waals surface area contributed by atoms with Crippen molar-refractivity contribution >= 4 is 12.4 Å². The van der Waals surface area contributed by atoms with Crippen LogP contribution in [0.3, 0.4) is 0 Å². The van der Waals surface area contributed by atoms with Crippen LogP contribution in [0.4, 0.5) is 0 Å². The summed E-state index contributed by atoms with van der Waals surface area (Å²) in [6, 6.07) is 3.67. The fraction of sp³-hybridized carbons (Fsp3) is 0.500. The molecular formula is C8H14ClNO2. The molecule has 0 fully saturated rings. The largest absolute Gasteiger partial charge is 0.462 e. The maximum absolute atomic E-state index is 8.68. The first-order valence-electron chi connectivity index (χ1n) is 3.55. The van der Waals surface area contributed by atoms with Crippen LogP contribution in [0.25, 0.3) is 0 Å². The van der Waals surface area contributed by atoms with Gasteiger partial charge in [-0.25, -0.2) is 0 Å². The molecule has 0 amide bonds. The van der Waals surface area contributed by atoms with Crippen LogP contribution < -0.4 is 0 Å². The monoisotopic (exact) mass is 191 g/mol. The van der Waals surface area contributed by atoms with E-state index in [4.69, 9.17) is 9.52 Å². The van der Waals surface area contributed by atoms with E-state index in [0.717, 1.165) is 12.3 Å². The van der Waals surface area contributed by atoms with E-state index in [0.29, 0.717) is 5.76 Å². The van der Waals surface area contributed by atoms with Crippen molar-refractivity contribution in [3.05, 3.63) is 23.7 Å². The Balaban J connectivity index is 0.00000121. The van der Waals surface area contributed by atoms with Crippen molar-refractivity contribution in [2.75, 3.05) is 14.1 Å². The average molecular weight is 192 g/mol. The third-order valence-electron chi connectivity index (χ3n) is 1.35. The molecule has 0 unspecified atom stereocenters. The van der Waals surface area contributed by atoms with Gasteiger partial charge in [0.05, 0.1) is 6.54 Å². The minimum atomic E-state index is -0.0204. The van der Waals surface area contributed by atoms with Crippen molar-refractivity contribution < 1.29 is 9.52 Å². The Morgan fingerprint density at radius 1 is 1.33 bits per heavy atom. The normalized spacial score (nSPS) is 10.0. The summed E-state index contributed by atoms with van der Waals surface area (Å²) < 4.78 is 5.25. The summed E-state index contributed by atoms with van der Waals surface area (Å²) in [6.07, 6.45) is 0. The Morgan fingerprint density at radius 2 is 1.92 bits per heavy atom. The molecule has 1 rings (SSSR count). The van der Waals surface area contributed by atoms with Crippen molar-refractivity contribution in [1.29, 1.82) is 0 Å². The first kappa shape index (κ1) is 11.5. The zero-order chi connectivity index (χ0) is 8.27. The minimum absolute atomic E-state index is 0. The van der Waals surface area contributed by atoms with Crippen LogP contribution in [0.1, 0.15) is 11.5 Å². The van der Waals surface area contributed by atoms with Gasteiger partial charge < -0.3 is 14.4 Å². The summed E-state index contributed by atoms with van der Waals surface area (Å²) in [5, 5.41) is 8.68. The predicted molar refractivity (Wildman–Crippen MR) is 49.3 cm³/mol. The highest BCUT2D eigenvalue weighted by molar-refractivity contribution is 5.85. The Kier molecular flexibility index (Phi) is 4.97. The molecular weight excluding hydrogens is 178 g/mol. The summed E-state index contributed by atoms with van der Waals surface area (Å²) in [5.74, 6) is 1.51. The summed E-state index contributed by atoms with van der Waals surface area (Å²) >= 11 is 0. The van der Waals surface area contributed by atoms with Gasteiger partial charge in [0.2, 0.25) is 0 Å². The molecule has 0 aromatic carbocycles. The SMILES string of the molecule is CN(C)Cc1ccc(CO)o1.Cl. The van der Waals surface area contributed by atoms with E-state index in [1.165, 1.54) is 0 Å². The van der Waals surface area contributed by atoms with Crippen molar-refractivity contribution in [2.45, 2.75) is 13.2 Å². The van der Waals surface area contributed by atoms with Gasteiger partial charge >= 0.3 is 0 Å². The van der Waals surface area contributed by atoms with Gasteiger partial charge in [0.25, 0.3) is 0 Å². The summed E-state index contributed by atoms with van der Waals surface area (Å²) in [4.78, 5) is 2.01.